The van der Waals surface area contributed by atoms with Crippen molar-refractivity contribution in [1.82, 2.24) is 10.3 Å². The predicted octanol–water partition coefficient (Wildman–Crippen LogP) is 6.51. The van der Waals surface area contributed by atoms with E-state index in [9.17, 15) is 22.8 Å². The molecule has 10 heteroatoms. The fourth-order valence-corrected chi connectivity index (χ4v) is 3.99. The minimum absolute atomic E-state index is 0.0308. The van der Waals surface area contributed by atoms with Gasteiger partial charge in [0.1, 0.15) is 6.61 Å². The lowest BCUT2D eigenvalue weighted by molar-refractivity contribution is -0.138. The van der Waals surface area contributed by atoms with Gasteiger partial charge in [-0.05, 0) is 65.6 Å². The number of nitrogens with one attached hydrogen (secondary N) is 2. The topological polar surface area (TPSA) is 101 Å². The molecule has 0 saturated carbocycles. The third-order valence-corrected chi connectivity index (χ3v) is 6.25. The number of benzene rings is 3. The van der Waals surface area contributed by atoms with Gasteiger partial charge in [-0.25, -0.2) is 4.98 Å². The number of aliphatic carboxylic acids is 1. The molecule has 0 spiro atoms. The summed E-state index contributed by atoms with van der Waals surface area (Å²) < 4.78 is 44.7. The van der Waals surface area contributed by atoms with Crippen LogP contribution in [0.15, 0.2) is 91.1 Å². The standard InChI is InChI=1S/C31H28F3N3O4/c1-20-2-15-28(36-18-20)41-19-27(37-26-13-9-24(10-14-26)30(40)35-17-16-29(38)39)23-5-3-21(4-6-23)22-7-11-25(12-8-22)31(32,33)34/h2-15,18,27,37H,16-17,19H2,1H3,(H,35,40)(H,38,39)/t27-/m1/s1. The summed E-state index contributed by atoms with van der Waals surface area (Å²) in [5.41, 5.74) is 3.68. The van der Waals surface area contributed by atoms with Crippen LogP contribution in [0.1, 0.15) is 39.5 Å². The molecule has 41 heavy (non-hydrogen) atoms. The summed E-state index contributed by atoms with van der Waals surface area (Å²) in [6.45, 7) is 2.17. The lowest BCUT2D eigenvalue weighted by Crippen LogP contribution is -2.26. The van der Waals surface area contributed by atoms with Crippen molar-refractivity contribution < 1.29 is 32.6 Å². The molecule has 1 heterocycles. The summed E-state index contributed by atoms with van der Waals surface area (Å²) >= 11 is 0. The van der Waals surface area contributed by atoms with Gasteiger partial charge < -0.3 is 20.5 Å². The van der Waals surface area contributed by atoms with Gasteiger partial charge in [0.25, 0.3) is 5.91 Å². The van der Waals surface area contributed by atoms with Gasteiger partial charge in [-0.2, -0.15) is 13.2 Å². The molecule has 1 amide bonds. The van der Waals surface area contributed by atoms with E-state index in [-0.39, 0.29) is 31.5 Å². The number of carbonyl (C=O) groups is 2. The number of aryl methyl sites for hydroxylation is 1. The van der Waals surface area contributed by atoms with E-state index in [0.29, 0.717) is 22.7 Å². The van der Waals surface area contributed by atoms with Crippen LogP contribution < -0.4 is 15.4 Å². The van der Waals surface area contributed by atoms with Gasteiger partial charge in [-0.3, -0.25) is 9.59 Å². The molecule has 0 aliphatic heterocycles. The van der Waals surface area contributed by atoms with Crippen LogP contribution in [0.25, 0.3) is 11.1 Å². The Hall–Kier alpha value is -4.86. The highest BCUT2D eigenvalue weighted by atomic mass is 19.4. The predicted molar refractivity (Wildman–Crippen MR) is 149 cm³/mol. The smallest absolute Gasteiger partial charge is 0.416 e. The Morgan fingerprint density at radius 1 is 0.902 bits per heavy atom. The van der Waals surface area contributed by atoms with E-state index in [1.165, 1.54) is 12.1 Å². The summed E-state index contributed by atoms with van der Waals surface area (Å²) in [4.78, 5) is 27.2. The number of amides is 1. The van der Waals surface area contributed by atoms with Crippen LogP contribution in [-0.2, 0) is 11.0 Å². The SMILES string of the molecule is Cc1ccc(OC[C@@H](Nc2ccc(C(=O)NCCC(=O)O)cc2)c2ccc(-c3ccc(C(F)(F)F)cc3)cc2)nc1. The third-order valence-electron chi connectivity index (χ3n) is 6.25. The van der Waals surface area contributed by atoms with Crippen LogP contribution in [0.5, 0.6) is 5.88 Å². The third kappa shape index (κ3) is 8.31. The number of ether oxygens (including phenoxy) is 1. The number of anilines is 1. The lowest BCUT2D eigenvalue weighted by atomic mass is 9.99. The van der Waals surface area contributed by atoms with Crippen molar-refractivity contribution in [3.63, 3.8) is 0 Å². The minimum Gasteiger partial charge on any atom is -0.481 e. The monoisotopic (exact) mass is 563 g/mol. The van der Waals surface area contributed by atoms with E-state index in [2.05, 4.69) is 15.6 Å². The summed E-state index contributed by atoms with van der Waals surface area (Å²) in [6, 6.07) is 22.5. The molecule has 0 saturated heterocycles. The molecule has 1 atom stereocenters. The summed E-state index contributed by atoms with van der Waals surface area (Å²) in [5, 5.41) is 14.7. The number of carboxylic acid groups (broad SMARTS) is 1. The highest BCUT2D eigenvalue weighted by Crippen LogP contribution is 2.31. The number of carbonyl (C=O) groups excluding carboxylic acids is 1. The average molecular weight is 564 g/mol. The van der Waals surface area contributed by atoms with E-state index in [1.807, 2.05) is 37.3 Å². The number of alkyl halides is 3. The number of hydrogen-bond acceptors (Lipinski definition) is 5. The van der Waals surface area contributed by atoms with Gasteiger partial charge in [0.2, 0.25) is 5.88 Å². The molecule has 0 fully saturated rings. The van der Waals surface area contributed by atoms with Crippen LogP contribution in [0, 0.1) is 6.92 Å². The Morgan fingerprint density at radius 3 is 2.10 bits per heavy atom. The Bertz CT molecular complexity index is 1460. The van der Waals surface area contributed by atoms with Gasteiger partial charge >= 0.3 is 12.1 Å². The van der Waals surface area contributed by atoms with E-state index >= 15 is 0 Å². The zero-order chi connectivity index (χ0) is 29.4. The van der Waals surface area contributed by atoms with Crippen molar-refractivity contribution in [1.29, 1.82) is 0 Å². The molecular weight excluding hydrogens is 535 g/mol. The zero-order valence-corrected chi connectivity index (χ0v) is 22.1. The maximum absolute atomic E-state index is 12.9. The maximum atomic E-state index is 12.9. The number of nitrogens with zero attached hydrogens (tertiary/aromatic N) is 1. The van der Waals surface area contributed by atoms with Crippen LogP contribution in [0.3, 0.4) is 0 Å². The van der Waals surface area contributed by atoms with Gasteiger partial charge in [0.05, 0.1) is 18.0 Å². The number of pyridine rings is 1. The van der Waals surface area contributed by atoms with Crippen molar-refractivity contribution in [2.24, 2.45) is 0 Å². The molecule has 3 N–H and O–H groups in total. The summed E-state index contributed by atoms with van der Waals surface area (Å²) in [7, 11) is 0. The second-order valence-corrected chi connectivity index (χ2v) is 9.36. The second kappa shape index (κ2) is 13.0. The van der Waals surface area contributed by atoms with Crippen molar-refractivity contribution in [3.05, 3.63) is 113 Å². The molecule has 4 rings (SSSR count). The fraction of sp³-hybridized carbons (Fsp3) is 0.194. The quantitative estimate of drug-likeness (QED) is 0.192. The van der Waals surface area contributed by atoms with Crippen LogP contribution in [0.4, 0.5) is 18.9 Å². The van der Waals surface area contributed by atoms with Crippen molar-refractivity contribution >= 4 is 17.6 Å². The van der Waals surface area contributed by atoms with Gasteiger partial charge in [0, 0.05) is 30.1 Å². The number of aromatic nitrogens is 1. The molecule has 0 aliphatic carbocycles. The van der Waals surface area contributed by atoms with Gasteiger partial charge in [-0.1, -0.05) is 42.5 Å². The number of hydrogen-bond donors (Lipinski definition) is 3. The number of carboxylic acids is 1. The van der Waals surface area contributed by atoms with Crippen molar-refractivity contribution in [3.8, 4) is 17.0 Å². The Kier molecular flexibility index (Phi) is 9.23. The van der Waals surface area contributed by atoms with Crippen molar-refractivity contribution in [2.75, 3.05) is 18.5 Å². The first-order valence-corrected chi connectivity index (χ1v) is 12.8. The Labute approximate surface area is 235 Å². The van der Waals surface area contributed by atoms with E-state index in [4.69, 9.17) is 9.84 Å². The number of rotatable bonds is 11. The molecule has 0 unspecified atom stereocenters. The van der Waals surface area contributed by atoms with Gasteiger partial charge in [-0.15, -0.1) is 0 Å². The molecule has 4 aromatic rings. The summed E-state index contributed by atoms with van der Waals surface area (Å²) in [5.74, 6) is -0.912. The van der Waals surface area contributed by atoms with E-state index in [0.717, 1.165) is 28.8 Å². The Morgan fingerprint density at radius 2 is 1.54 bits per heavy atom. The van der Waals surface area contributed by atoms with Crippen molar-refractivity contribution in [2.45, 2.75) is 25.6 Å². The lowest BCUT2D eigenvalue weighted by Gasteiger charge is -2.21. The molecule has 0 aliphatic rings. The number of halogens is 3. The normalized spacial score (nSPS) is 11.9. The maximum Gasteiger partial charge on any atom is 0.416 e. The second-order valence-electron chi connectivity index (χ2n) is 9.36. The van der Waals surface area contributed by atoms with E-state index in [1.54, 1.807) is 36.5 Å². The first-order valence-electron chi connectivity index (χ1n) is 12.8. The van der Waals surface area contributed by atoms with E-state index < -0.39 is 17.7 Å². The zero-order valence-electron chi connectivity index (χ0n) is 22.1. The molecule has 3 aromatic carbocycles. The summed E-state index contributed by atoms with van der Waals surface area (Å²) in [6.07, 6.45) is -2.85. The average Bonchev–Trinajstić information content (AvgIpc) is 2.96. The highest BCUT2D eigenvalue weighted by molar-refractivity contribution is 5.94. The van der Waals surface area contributed by atoms with Crippen LogP contribution in [-0.4, -0.2) is 35.1 Å². The highest BCUT2D eigenvalue weighted by Gasteiger charge is 2.30. The molecule has 7 nitrogen and oxygen atoms in total. The van der Waals surface area contributed by atoms with Crippen LogP contribution in [0.2, 0.25) is 0 Å². The molecular formula is C31H28F3N3O4. The minimum atomic E-state index is -4.39. The molecule has 0 radical (unpaired) electrons. The first-order chi connectivity index (χ1) is 19.6. The Balaban J connectivity index is 1.50. The molecule has 1 aromatic heterocycles. The first kappa shape index (κ1) is 29.1. The molecule has 212 valence electrons. The fourth-order valence-electron chi connectivity index (χ4n) is 3.99. The van der Waals surface area contributed by atoms with Crippen LogP contribution >= 0.6 is 0 Å². The largest absolute Gasteiger partial charge is 0.481 e. The molecule has 0 bridgehead atoms. The van der Waals surface area contributed by atoms with Gasteiger partial charge in [0.15, 0.2) is 0 Å².